The molecule has 0 heterocycles. The van der Waals surface area contributed by atoms with E-state index in [0.29, 0.717) is 24.8 Å². The van der Waals surface area contributed by atoms with Gasteiger partial charge in [0.05, 0.1) is 5.56 Å². The standard InChI is InChI=1S/C13H18O4/c1-9-7-10(13(17)8-12(9)16)11(15)5-3-2-4-6-14/h7-8,14,16-17H,2-6H2,1H3. The van der Waals surface area contributed by atoms with Crippen molar-refractivity contribution in [1.29, 1.82) is 0 Å². The fraction of sp³-hybridized carbons (Fsp3) is 0.462. The quantitative estimate of drug-likeness (QED) is 0.524. The van der Waals surface area contributed by atoms with Crippen LogP contribution in [-0.2, 0) is 0 Å². The molecule has 0 bridgehead atoms. The van der Waals surface area contributed by atoms with Crippen LogP contribution in [0.4, 0.5) is 0 Å². The van der Waals surface area contributed by atoms with Crippen molar-refractivity contribution in [3.8, 4) is 11.5 Å². The molecule has 4 nitrogen and oxygen atoms in total. The zero-order valence-electron chi connectivity index (χ0n) is 9.94. The number of aliphatic hydroxyl groups excluding tert-OH is 1. The van der Waals surface area contributed by atoms with Crippen molar-refractivity contribution in [2.45, 2.75) is 32.6 Å². The molecule has 0 atom stereocenters. The second-order valence-corrected chi connectivity index (χ2v) is 4.11. The number of benzene rings is 1. The molecule has 0 fully saturated rings. The van der Waals surface area contributed by atoms with E-state index in [0.717, 1.165) is 6.42 Å². The molecule has 0 spiro atoms. The highest BCUT2D eigenvalue weighted by Crippen LogP contribution is 2.27. The SMILES string of the molecule is Cc1cc(C(=O)CCCCCO)c(O)cc1O. The molecule has 0 aliphatic rings. The summed E-state index contributed by atoms with van der Waals surface area (Å²) in [6, 6.07) is 2.69. The number of aromatic hydroxyl groups is 2. The third kappa shape index (κ3) is 3.75. The van der Waals surface area contributed by atoms with Gasteiger partial charge in [-0.25, -0.2) is 0 Å². The van der Waals surface area contributed by atoms with Gasteiger partial charge in [-0.1, -0.05) is 6.42 Å². The van der Waals surface area contributed by atoms with E-state index in [1.54, 1.807) is 6.92 Å². The number of carbonyl (C=O) groups is 1. The van der Waals surface area contributed by atoms with Crippen LogP contribution < -0.4 is 0 Å². The largest absolute Gasteiger partial charge is 0.508 e. The molecule has 0 aliphatic carbocycles. The average molecular weight is 238 g/mol. The number of hydrogen-bond acceptors (Lipinski definition) is 4. The van der Waals surface area contributed by atoms with E-state index in [1.807, 2.05) is 0 Å². The van der Waals surface area contributed by atoms with Gasteiger partial charge in [0.25, 0.3) is 0 Å². The minimum atomic E-state index is -0.180. The lowest BCUT2D eigenvalue weighted by Gasteiger charge is -2.06. The number of aryl methyl sites for hydroxylation is 1. The number of aliphatic hydroxyl groups is 1. The Balaban J connectivity index is 2.66. The molecule has 0 aliphatic heterocycles. The van der Waals surface area contributed by atoms with E-state index in [1.165, 1.54) is 12.1 Å². The van der Waals surface area contributed by atoms with Gasteiger partial charge in [0, 0.05) is 19.1 Å². The molecule has 0 radical (unpaired) electrons. The average Bonchev–Trinajstić information content (AvgIpc) is 2.29. The van der Waals surface area contributed by atoms with Crippen LogP contribution in [0, 0.1) is 6.92 Å². The molecular weight excluding hydrogens is 220 g/mol. The number of unbranched alkanes of at least 4 members (excludes halogenated alkanes) is 2. The van der Waals surface area contributed by atoms with Crippen molar-refractivity contribution >= 4 is 5.78 Å². The topological polar surface area (TPSA) is 77.8 Å². The minimum Gasteiger partial charge on any atom is -0.508 e. The number of carbonyl (C=O) groups excluding carboxylic acids is 1. The fourth-order valence-corrected chi connectivity index (χ4v) is 1.62. The summed E-state index contributed by atoms with van der Waals surface area (Å²) in [6.07, 6.45) is 2.52. The monoisotopic (exact) mass is 238 g/mol. The first-order valence-corrected chi connectivity index (χ1v) is 5.73. The zero-order chi connectivity index (χ0) is 12.8. The highest BCUT2D eigenvalue weighted by atomic mass is 16.3. The zero-order valence-corrected chi connectivity index (χ0v) is 9.94. The van der Waals surface area contributed by atoms with Gasteiger partial charge in [0.1, 0.15) is 11.5 Å². The second-order valence-electron chi connectivity index (χ2n) is 4.11. The first-order valence-electron chi connectivity index (χ1n) is 5.73. The summed E-state index contributed by atoms with van der Waals surface area (Å²) in [4.78, 5) is 11.8. The van der Waals surface area contributed by atoms with E-state index < -0.39 is 0 Å². The van der Waals surface area contributed by atoms with Crippen molar-refractivity contribution in [3.63, 3.8) is 0 Å². The van der Waals surface area contributed by atoms with Crippen LogP contribution in [0.1, 0.15) is 41.6 Å². The molecule has 0 aromatic heterocycles. The second kappa shape index (κ2) is 6.25. The summed E-state index contributed by atoms with van der Waals surface area (Å²) in [6.45, 7) is 1.81. The van der Waals surface area contributed by atoms with Gasteiger partial charge in [0.2, 0.25) is 0 Å². The predicted molar refractivity (Wildman–Crippen MR) is 64.4 cm³/mol. The predicted octanol–water partition coefficient (Wildman–Crippen LogP) is 2.14. The Kier molecular flexibility index (Phi) is 4.97. The van der Waals surface area contributed by atoms with Gasteiger partial charge in [-0.3, -0.25) is 4.79 Å². The van der Waals surface area contributed by atoms with Crippen LogP contribution in [0.25, 0.3) is 0 Å². The van der Waals surface area contributed by atoms with E-state index >= 15 is 0 Å². The number of phenols is 2. The third-order valence-electron chi connectivity index (χ3n) is 2.68. The number of Topliss-reactive ketones (excluding diaryl/α,β-unsaturated/α-hetero) is 1. The van der Waals surface area contributed by atoms with Crippen LogP contribution in [-0.4, -0.2) is 27.7 Å². The normalized spacial score (nSPS) is 10.5. The van der Waals surface area contributed by atoms with Crippen molar-refractivity contribution in [2.24, 2.45) is 0 Å². The third-order valence-corrected chi connectivity index (χ3v) is 2.68. The number of rotatable bonds is 6. The molecule has 0 saturated heterocycles. The lowest BCUT2D eigenvalue weighted by atomic mass is 10.0. The van der Waals surface area contributed by atoms with Gasteiger partial charge in [-0.15, -0.1) is 0 Å². The molecule has 4 heteroatoms. The maximum Gasteiger partial charge on any atom is 0.166 e. The van der Waals surface area contributed by atoms with E-state index in [-0.39, 0.29) is 29.5 Å². The van der Waals surface area contributed by atoms with E-state index in [4.69, 9.17) is 5.11 Å². The molecule has 17 heavy (non-hydrogen) atoms. The first kappa shape index (κ1) is 13.5. The Hall–Kier alpha value is -1.55. The fourth-order valence-electron chi connectivity index (χ4n) is 1.62. The molecule has 0 unspecified atom stereocenters. The van der Waals surface area contributed by atoms with Crippen molar-refractivity contribution in [3.05, 3.63) is 23.3 Å². The Morgan fingerprint density at radius 2 is 1.82 bits per heavy atom. The number of hydrogen-bond donors (Lipinski definition) is 3. The van der Waals surface area contributed by atoms with Crippen LogP contribution >= 0.6 is 0 Å². The maximum atomic E-state index is 11.8. The summed E-state index contributed by atoms with van der Waals surface area (Å²) in [7, 11) is 0. The maximum absolute atomic E-state index is 11.8. The molecule has 1 rings (SSSR count). The first-order chi connectivity index (χ1) is 8.06. The van der Waals surface area contributed by atoms with Crippen LogP contribution in [0.5, 0.6) is 11.5 Å². The summed E-state index contributed by atoms with van der Waals surface area (Å²) in [5.74, 6) is -0.330. The lowest BCUT2D eigenvalue weighted by Crippen LogP contribution is -2.00. The van der Waals surface area contributed by atoms with Gasteiger partial charge in [-0.05, 0) is 31.4 Å². The van der Waals surface area contributed by atoms with E-state index in [9.17, 15) is 15.0 Å². The molecule has 1 aromatic rings. The van der Waals surface area contributed by atoms with E-state index in [2.05, 4.69) is 0 Å². The lowest BCUT2D eigenvalue weighted by molar-refractivity contribution is 0.0975. The molecular formula is C13H18O4. The summed E-state index contributed by atoms with van der Waals surface area (Å²) >= 11 is 0. The van der Waals surface area contributed by atoms with Gasteiger partial charge < -0.3 is 15.3 Å². The molecule has 0 amide bonds. The summed E-state index contributed by atoms with van der Waals surface area (Å²) in [5.41, 5.74) is 0.825. The van der Waals surface area contributed by atoms with Gasteiger partial charge in [0.15, 0.2) is 5.78 Å². The highest BCUT2D eigenvalue weighted by molar-refractivity contribution is 5.98. The van der Waals surface area contributed by atoms with Crippen LogP contribution in [0.15, 0.2) is 12.1 Å². The van der Waals surface area contributed by atoms with Gasteiger partial charge in [-0.2, -0.15) is 0 Å². The Bertz CT molecular complexity index is 399. The van der Waals surface area contributed by atoms with Crippen LogP contribution in [0.2, 0.25) is 0 Å². The highest BCUT2D eigenvalue weighted by Gasteiger charge is 2.13. The van der Waals surface area contributed by atoms with Crippen molar-refractivity contribution in [1.82, 2.24) is 0 Å². The number of phenolic OH excluding ortho intramolecular Hbond substituents is 2. The Morgan fingerprint density at radius 1 is 1.12 bits per heavy atom. The van der Waals surface area contributed by atoms with Crippen molar-refractivity contribution < 1.29 is 20.1 Å². The Morgan fingerprint density at radius 3 is 2.47 bits per heavy atom. The van der Waals surface area contributed by atoms with Crippen LogP contribution in [0.3, 0.4) is 0 Å². The Labute approximate surface area is 101 Å². The number of ketones is 1. The smallest absolute Gasteiger partial charge is 0.166 e. The molecule has 1 aromatic carbocycles. The summed E-state index contributed by atoms with van der Waals surface area (Å²) < 4.78 is 0. The molecule has 3 N–H and O–H groups in total. The molecule has 0 saturated carbocycles. The molecule has 94 valence electrons. The van der Waals surface area contributed by atoms with Gasteiger partial charge >= 0.3 is 0 Å². The van der Waals surface area contributed by atoms with Crippen molar-refractivity contribution in [2.75, 3.05) is 6.61 Å². The summed E-state index contributed by atoms with van der Waals surface area (Å²) in [5, 5.41) is 27.5. The minimum absolute atomic E-state index is 0.0145.